The van der Waals surface area contributed by atoms with Gasteiger partial charge in [-0.1, -0.05) is 131 Å². The fourth-order valence-corrected chi connectivity index (χ4v) is 12.1. The molecule has 0 bridgehead atoms. The third-order valence-electron chi connectivity index (χ3n) is 16.3. The highest BCUT2D eigenvalue weighted by molar-refractivity contribution is 5.95. The number of nitrogens with one attached hydrogen (secondary N) is 2. The Morgan fingerprint density at radius 1 is 0.467 bits per heavy atom. The minimum Gasteiger partial charge on any atom is -0.350 e. The molecular weight excluding hydrogens is 925 g/mol. The molecule has 10 heteroatoms. The lowest BCUT2D eigenvalue weighted by molar-refractivity contribution is -0.128. The summed E-state index contributed by atoms with van der Waals surface area (Å²) in [6, 6.07) is 41.8. The van der Waals surface area contributed by atoms with E-state index in [1.165, 1.54) is 104 Å². The number of aromatic nitrogens is 6. The van der Waals surface area contributed by atoms with Crippen molar-refractivity contribution in [1.29, 1.82) is 0 Å². The van der Waals surface area contributed by atoms with Gasteiger partial charge in [0.15, 0.2) is 0 Å². The normalized spacial score (nSPS) is 16.0. The molecule has 0 radical (unpaired) electrons. The smallest absolute Gasteiger partial charge is 0.223 e. The van der Waals surface area contributed by atoms with E-state index in [2.05, 4.69) is 129 Å². The first-order valence-corrected chi connectivity index (χ1v) is 28.3. The lowest BCUT2D eigenvalue weighted by atomic mass is 9.77. The van der Waals surface area contributed by atoms with Crippen LogP contribution in [0.2, 0.25) is 0 Å². The van der Waals surface area contributed by atoms with Gasteiger partial charge in [0, 0.05) is 83.0 Å². The van der Waals surface area contributed by atoms with Crippen LogP contribution in [0.3, 0.4) is 0 Å². The molecular formula is C65H78N8O2. The molecule has 390 valence electrons. The molecule has 2 aromatic carbocycles. The van der Waals surface area contributed by atoms with E-state index in [1.54, 1.807) is 12.4 Å². The number of nitrogens with zero attached hydrogens (tertiary/aromatic N) is 6. The zero-order chi connectivity index (χ0) is 51.6. The molecule has 6 aromatic heterocycles. The molecule has 8 aromatic rings. The number of amides is 2. The molecule has 2 amide bonds. The first-order chi connectivity index (χ1) is 36.9. The zero-order valence-electron chi connectivity index (χ0n) is 44.4. The van der Waals surface area contributed by atoms with E-state index in [-0.39, 0.29) is 23.7 Å². The number of hydrogen-bond donors (Lipinski definition) is 2. The van der Waals surface area contributed by atoms with Crippen molar-refractivity contribution < 1.29 is 9.59 Å². The van der Waals surface area contributed by atoms with Gasteiger partial charge in [0.2, 0.25) is 11.8 Å². The third kappa shape index (κ3) is 14.1. The summed E-state index contributed by atoms with van der Waals surface area (Å²) in [7, 11) is 0. The van der Waals surface area contributed by atoms with Crippen LogP contribution >= 0.6 is 0 Å². The highest BCUT2D eigenvalue weighted by Gasteiger charge is 2.31. The topological polar surface area (TPSA) is 120 Å². The van der Waals surface area contributed by atoms with E-state index in [9.17, 15) is 9.59 Å². The maximum absolute atomic E-state index is 13.5. The van der Waals surface area contributed by atoms with Gasteiger partial charge in [-0.05, 0) is 137 Å². The fourth-order valence-electron chi connectivity index (χ4n) is 12.1. The van der Waals surface area contributed by atoms with Crippen molar-refractivity contribution in [2.75, 3.05) is 0 Å². The molecule has 10 rings (SSSR count). The van der Waals surface area contributed by atoms with Gasteiger partial charge in [0.25, 0.3) is 0 Å². The maximum atomic E-state index is 13.5. The molecule has 4 unspecified atom stereocenters. The van der Waals surface area contributed by atoms with Gasteiger partial charge >= 0.3 is 0 Å². The SMILES string of the molecule is CC(CCCC(C(=O)NCc1ccccn1)C1CCCCC1)n1cc(-c2ccccc2)c2cccnc21.CC(CCCC(C(=O)NCc1ccccn1)C1CCCCCC1)n1cc(-c2ccccc2)c2cccnc21. The van der Waals surface area contributed by atoms with E-state index in [1.807, 2.05) is 60.9 Å². The molecule has 75 heavy (non-hydrogen) atoms. The van der Waals surface area contributed by atoms with Crippen LogP contribution < -0.4 is 10.6 Å². The molecule has 0 spiro atoms. The Bertz CT molecular complexity index is 2980. The summed E-state index contributed by atoms with van der Waals surface area (Å²) in [6.45, 7) is 5.56. The number of fused-ring (bicyclic) bond motifs is 2. The number of pyridine rings is 4. The second kappa shape index (κ2) is 27.0. The average molecular weight is 1000 g/mol. The van der Waals surface area contributed by atoms with Crippen molar-refractivity contribution in [3.63, 3.8) is 0 Å². The largest absolute Gasteiger partial charge is 0.350 e. The predicted molar refractivity (Wildman–Crippen MR) is 304 cm³/mol. The number of carbonyl (C=O) groups is 2. The highest BCUT2D eigenvalue weighted by Crippen LogP contribution is 2.38. The molecule has 2 aliphatic carbocycles. The minimum atomic E-state index is 0.0726. The molecule has 10 nitrogen and oxygen atoms in total. The van der Waals surface area contributed by atoms with Crippen LogP contribution in [-0.2, 0) is 22.7 Å². The maximum Gasteiger partial charge on any atom is 0.223 e. The first kappa shape index (κ1) is 52.9. The molecule has 0 saturated heterocycles. The van der Waals surface area contributed by atoms with Crippen LogP contribution in [0.4, 0.5) is 0 Å². The summed E-state index contributed by atoms with van der Waals surface area (Å²) < 4.78 is 4.66. The second-order valence-corrected chi connectivity index (χ2v) is 21.4. The lowest BCUT2D eigenvalue weighted by Crippen LogP contribution is -2.35. The lowest BCUT2D eigenvalue weighted by Gasteiger charge is -2.30. The Labute approximate surface area is 445 Å². The van der Waals surface area contributed by atoms with Crippen LogP contribution in [0.5, 0.6) is 0 Å². The molecule has 2 N–H and O–H groups in total. The monoisotopic (exact) mass is 1000 g/mol. The van der Waals surface area contributed by atoms with Gasteiger partial charge in [-0.2, -0.15) is 0 Å². The number of carbonyl (C=O) groups excluding carboxylic acids is 2. The van der Waals surface area contributed by atoms with E-state index < -0.39 is 0 Å². The van der Waals surface area contributed by atoms with Crippen LogP contribution in [0.15, 0.2) is 159 Å². The van der Waals surface area contributed by atoms with Crippen LogP contribution in [0.1, 0.15) is 146 Å². The van der Waals surface area contributed by atoms with Crippen molar-refractivity contribution in [2.45, 2.75) is 148 Å². The van der Waals surface area contributed by atoms with Crippen LogP contribution in [-0.4, -0.2) is 40.9 Å². The first-order valence-electron chi connectivity index (χ1n) is 28.3. The summed E-state index contributed by atoms with van der Waals surface area (Å²) in [5.74, 6) is 1.53. The van der Waals surface area contributed by atoms with Gasteiger partial charge in [-0.25, -0.2) is 9.97 Å². The molecule has 0 aliphatic heterocycles. The zero-order valence-corrected chi connectivity index (χ0v) is 44.4. The van der Waals surface area contributed by atoms with E-state index >= 15 is 0 Å². The molecule has 2 fully saturated rings. The Kier molecular flexibility index (Phi) is 19.1. The van der Waals surface area contributed by atoms with E-state index in [4.69, 9.17) is 9.97 Å². The number of hydrogen-bond acceptors (Lipinski definition) is 6. The average Bonchev–Trinajstić information content (AvgIpc) is 3.95. The highest BCUT2D eigenvalue weighted by atomic mass is 16.2. The van der Waals surface area contributed by atoms with Gasteiger partial charge in [-0.3, -0.25) is 19.6 Å². The number of benzene rings is 2. The second-order valence-electron chi connectivity index (χ2n) is 21.4. The van der Waals surface area contributed by atoms with Crippen molar-refractivity contribution in [1.82, 2.24) is 39.7 Å². The quantitative estimate of drug-likeness (QED) is 0.0734. The predicted octanol–water partition coefficient (Wildman–Crippen LogP) is 15.1. The summed E-state index contributed by atoms with van der Waals surface area (Å²) in [4.78, 5) is 45.0. The van der Waals surface area contributed by atoms with Crippen molar-refractivity contribution in [3.8, 4) is 22.3 Å². The van der Waals surface area contributed by atoms with E-state index in [0.29, 0.717) is 37.0 Å². The minimum absolute atomic E-state index is 0.0726. The Balaban J connectivity index is 0.000000184. The fraction of sp³-hybridized carbons (Fsp3) is 0.415. The Hall–Kier alpha value is -6.94. The Morgan fingerprint density at radius 2 is 0.853 bits per heavy atom. The summed E-state index contributed by atoms with van der Waals surface area (Å²) in [6.07, 6.45) is 31.4. The number of rotatable bonds is 20. The Morgan fingerprint density at radius 3 is 1.25 bits per heavy atom. The molecule has 2 saturated carbocycles. The van der Waals surface area contributed by atoms with Gasteiger partial charge in [0.1, 0.15) is 11.3 Å². The summed E-state index contributed by atoms with van der Waals surface area (Å²) in [5, 5.41) is 8.79. The van der Waals surface area contributed by atoms with Gasteiger partial charge in [0.05, 0.1) is 24.5 Å². The summed E-state index contributed by atoms with van der Waals surface area (Å²) in [5.41, 5.74) is 8.78. The third-order valence-corrected chi connectivity index (χ3v) is 16.3. The van der Waals surface area contributed by atoms with Gasteiger partial charge < -0.3 is 19.8 Å². The standard InChI is InChI=1S/C33H40N4O.C32H38N4O/c1-25(37-24-31(27-16-7-4-8-17-27)30-20-12-22-35-32(30)37)13-11-19-29(26-14-5-2-3-6-15-26)33(38)36-23-28-18-9-10-21-34-28;1-24(36-23-30(26-15-6-3-7-16-26)29-19-11-21-34-31(29)36)12-10-18-28(25-13-4-2-5-14-25)32(37)35-22-27-17-8-9-20-33-27/h4,7-10,12,16-18,20-22,24-26,29H,2-3,5-6,11,13-15,19,23H2,1H3,(H,36,38);3,6-9,11,15-17,19-21,23-25,28H,2,4-5,10,12-14,18,22H2,1H3,(H,35,37). The van der Waals surface area contributed by atoms with Gasteiger partial charge in [-0.15, -0.1) is 0 Å². The van der Waals surface area contributed by atoms with Crippen molar-refractivity contribution in [2.24, 2.45) is 23.7 Å². The van der Waals surface area contributed by atoms with Crippen molar-refractivity contribution in [3.05, 3.63) is 170 Å². The molecule has 6 heterocycles. The van der Waals surface area contributed by atoms with Crippen LogP contribution in [0.25, 0.3) is 44.3 Å². The van der Waals surface area contributed by atoms with Crippen molar-refractivity contribution >= 4 is 33.9 Å². The van der Waals surface area contributed by atoms with E-state index in [0.717, 1.165) is 61.2 Å². The van der Waals surface area contributed by atoms with Crippen LogP contribution in [0, 0.1) is 23.7 Å². The molecule has 2 aliphatic rings. The molecule has 4 atom stereocenters. The summed E-state index contributed by atoms with van der Waals surface area (Å²) >= 11 is 0.